The summed E-state index contributed by atoms with van der Waals surface area (Å²) in [7, 11) is 2.98. The number of aryl methyl sites for hydroxylation is 2. The first-order chi connectivity index (χ1) is 10.5. The van der Waals surface area contributed by atoms with Crippen molar-refractivity contribution in [2.75, 3.05) is 0 Å². The molecule has 3 rings (SSSR count). The molecule has 8 nitrogen and oxygen atoms in total. The van der Waals surface area contributed by atoms with E-state index in [-0.39, 0.29) is 33.2 Å². The largest absolute Gasteiger partial charge is 0.315 e. The van der Waals surface area contributed by atoms with Crippen molar-refractivity contribution in [3.63, 3.8) is 0 Å². The summed E-state index contributed by atoms with van der Waals surface area (Å²) in [5.74, 6) is 0. The van der Waals surface area contributed by atoms with E-state index < -0.39 is 11.1 Å². The molecule has 3 aromatic rings. The molecular formula is C14H8N6O2. The Balaban J connectivity index is 2.71. The van der Waals surface area contributed by atoms with Crippen LogP contribution in [-0.2, 0) is 14.1 Å². The first-order valence-electron chi connectivity index (χ1n) is 6.19. The normalized spacial score (nSPS) is 10.5. The molecule has 0 aliphatic rings. The lowest BCUT2D eigenvalue weighted by atomic mass is 10.2. The third-order valence-electron chi connectivity index (χ3n) is 3.34. The summed E-state index contributed by atoms with van der Waals surface area (Å²) in [5, 5.41) is 18.4. The number of nitrogens with zero attached hydrogens (tertiary/aromatic N) is 6. The third-order valence-corrected chi connectivity index (χ3v) is 3.34. The summed E-state index contributed by atoms with van der Waals surface area (Å²) in [6, 6.07) is 3.86. The highest BCUT2D eigenvalue weighted by Gasteiger charge is 2.16. The smallest absolute Gasteiger partial charge is 0.278 e. The molecule has 0 aliphatic carbocycles. The van der Waals surface area contributed by atoms with Gasteiger partial charge in [0.15, 0.2) is 11.0 Å². The summed E-state index contributed by atoms with van der Waals surface area (Å²) in [5.41, 5.74) is -0.596. The lowest BCUT2D eigenvalue weighted by Crippen LogP contribution is -2.22. The fraction of sp³-hybridized carbons (Fsp3) is 0.143. The fourth-order valence-corrected chi connectivity index (χ4v) is 2.23. The van der Waals surface area contributed by atoms with Gasteiger partial charge in [-0.25, -0.2) is 9.97 Å². The van der Waals surface area contributed by atoms with Crippen LogP contribution in [-0.4, -0.2) is 19.1 Å². The minimum absolute atomic E-state index is 0.0428. The summed E-state index contributed by atoms with van der Waals surface area (Å²) >= 11 is 0. The van der Waals surface area contributed by atoms with Crippen molar-refractivity contribution in [2.45, 2.75) is 0 Å². The Kier molecular flexibility index (Phi) is 2.75. The van der Waals surface area contributed by atoms with Crippen molar-refractivity contribution >= 4 is 22.1 Å². The second-order valence-corrected chi connectivity index (χ2v) is 4.76. The van der Waals surface area contributed by atoms with Crippen LogP contribution in [0, 0.1) is 22.7 Å². The van der Waals surface area contributed by atoms with Crippen LogP contribution in [0.4, 0.5) is 0 Å². The monoisotopic (exact) mass is 292 g/mol. The van der Waals surface area contributed by atoms with E-state index in [0.717, 1.165) is 0 Å². The number of pyridine rings is 2. The van der Waals surface area contributed by atoms with Crippen molar-refractivity contribution < 1.29 is 0 Å². The van der Waals surface area contributed by atoms with Crippen molar-refractivity contribution in [3.8, 4) is 12.1 Å². The van der Waals surface area contributed by atoms with Crippen molar-refractivity contribution in [2.24, 2.45) is 14.1 Å². The lowest BCUT2D eigenvalue weighted by molar-refractivity contribution is 0.858. The molecule has 0 radical (unpaired) electrons. The maximum atomic E-state index is 12.2. The van der Waals surface area contributed by atoms with Crippen LogP contribution in [0.3, 0.4) is 0 Å². The molecule has 3 heterocycles. The maximum absolute atomic E-state index is 12.2. The second-order valence-electron chi connectivity index (χ2n) is 4.76. The van der Waals surface area contributed by atoms with Gasteiger partial charge in [-0.2, -0.15) is 10.5 Å². The van der Waals surface area contributed by atoms with Crippen molar-refractivity contribution in [1.29, 1.82) is 10.5 Å². The molecule has 0 bridgehead atoms. The van der Waals surface area contributed by atoms with Gasteiger partial charge in [-0.15, -0.1) is 0 Å². The molecule has 22 heavy (non-hydrogen) atoms. The van der Waals surface area contributed by atoms with Crippen LogP contribution >= 0.6 is 0 Å². The van der Waals surface area contributed by atoms with Crippen molar-refractivity contribution in [1.82, 2.24) is 19.1 Å². The van der Waals surface area contributed by atoms with E-state index in [1.807, 2.05) is 12.1 Å². The average molecular weight is 292 g/mol. The molecule has 0 unspecified atom stereocenters. The van der Waals surface area contributed by atoms with E-state index in [9.17, 15) is 20.1 Å². The standard InChI is InChI=1S/C14H8N6O2/c1-19-5-7(3-15)9-11(13(19)21)17-10-8(4-16)6-20(2)14(22)12(10)18-9/h5-6H,1-2H3. The molecule has 0 aromatic carbocycles. The Labute approximate surface area is 123 Å². The molecule has 0 amide bonds. The predicted molar refractivity (Wildman–Crippen MR) is 77.0 cm³/mol. The minimum atomic E-state index is -0.451. The highest BCUT2D eigenvalue weighted by atomic mass is 16.1. The Morgan fingerprint density at radius 3 is 1.50 bits per heavy atom. The quantitative estimate of drug-likeness (QED) is 0.535. The van der Waals surface area contributed by atoms with Gasteiger partial charge in [0.2, 0.25) is 0 Å². The van der Waals surface area contributed by atoms with Crippen molar-refractivity contribution in [3.05, 3.63) is 44.2 Å². The fourth-order valence-electron chi connectivity index (χ4n) is 2.23. The topological polar surface area (TPSA) is 117 Å². The van der Waals surface area contributed by atoms with E-state index in [0.29, 0.717) is 0 Å². The molecular weight excluding hydrogens is 284 g/mol. The minimum Gasteiger partial charge on any atom is -0.315 e. The molecule has 0 saturated carbocycles. The molecule has 0 saturated heterocycles. The van der Waals surface area contributed by atoms with Crippen LogP contribution in [0.1, 0.15) is 11.1 Å². The number of hydrogen-bond donors (Lipinski definition) is 0. The van der Waals surface area contributed by atoms with E-state index in [2.05, 4.69) is 9.97 Å². The highest BCUT2D eigenvalue weighted by Crippen LogP contribution is 2.16. The van der Waals surface area contributed by atoms with Crippen LogP contribution in [0.15, 0.2) is 22.0 Å². The van der Waals surface area contributed by atoms with Crippen LogP contribution in [0.25, 0.3) is 22.1 Å². The first-order valence-corrected chi connectivity index (χ1v) is 6.19. The summed E-state index contributed by atoms with van der Waals surface area (Å²) in [4.78, 5) is 32.6. The number of rotatable bonds is 0. The summed E-state index contributed by atoms with van der Waals surface area (Å²) in [6.45, 7) is 0. The Morgan fingerprint density at radius 2 is 1.18 bits per heavy atom. The predicted octanol–water partition coefficient (Wildman–Crippen LogP) is -0.0762. The van der Waals surface area contributed by atoms with Gasteiger partial charge in [-0.1, -0.05) is 0 Å². The Hall–Kier alpha value is -3.52. The van der Waals surface area contributed by atoms with Crippen LogP contribution in [0.2, 0.25) is 0 Å². The van der Waals surface area contributed by atoms with Gasteiger partial charge >= 0.3 is 0 Å². The third kappa shape index (κ3) is 1.68. The Morgan fingerprint density at radius 1 is 0.818 bits per heavy atom. The second kappa shape index (κ2) is 4.50. The van der Waals surface area contributed by atoms with Crippen LogP contribution in [0.5, 0.6) is 0 Å². The lowest BCUT2D eigenvalue weighted by Gasteiger charge is -2.06. The molecule has 0 fully saturated rings. The number of nitriles is 2. The first kappa shape index (κ1) is 13.5. The average Bonchev–Trinajstić information content (AvgIpc) is 2.53. The van der Waals surface area contributed by atoms with E-state index in [4.69, 9.17) is 0 Å². The number of aromatic nitrogens is 4. The highest BCUT2D eigenvalue weighted by molar-refractivity contribution is 5.90. The van der Waals surface area contributed by atoms with Gasteiger partial charge in [0.1, 0.15) is 23.2 Å². The summed E-state index contributed by atoms with van der Waals surface area (Å²) < 4.78 is 2.43. The zero-order chi connectivity index (χ0) is 16.0. The molecule has 0 spiro atoms. The van der Waals surface area contributed by atoms with Gasteiger partial charge in [0.25, 0.3) is 11.1 Å². The van der Waals surface area contributed by atoms with Gasteiger partial charge in [0, 0.05) is 26.5 Å². The molecule has 0 atom stereocenters. The van der Waals surface area contributed by atoms with E-state index in [1.165, 1.54) is 35.6 Å². The van der Waals surface area contributed by atoms with E-state index >= 15 is 0 Å². The summed E-state index contributed by atoms with van der Waals surface area (Å²) in [6.07, 6.45) is 2.67. The molecule has 8 heteroatoms. The van der Waals surface area contributed by atoms with Gasteiger partial charge in [-0.05, 0) is 0 Å². The SMILES string of the molecule is Cn1cc(C#N)c2nc3c(=O)n(C)cc(C#N)c3nc2c1=O. The molecule has 0 aliphatic heterocycles. The van der Waals surface area contributed by atoms with Gasteiger partial charge in [-0.3, -0.25) is 9.59 Å². The number of hydrogen-bond acceptors (Lipinski definition) is 6. The van der Waals surface area contributed by atoms with Gasteiger partial charge < -0.3 is 9.13 Å². The van der Waals surface area contributed by atoms with Gasteiger partial charge in [0.05, 0.1) is 11.1 Å². The molecule has 3 aromatic heterocycles. The van der Waals surface area contributed by atoms with E-state index in [1.54, 1.807) is 0 Å². The zero-order valence-corrected chi connectivity index (χ0v) is 11.7. The maximum Gasteiger partial charge on any atom is 0.278 e. The number of fused-ring (bicyclic) bond motifs is 2. The Bertz CT molecular complexity index is 1060. The molecule has 0 N–H and O–H groups in total. The molecule has 106 valence electrons. The zero-order valence-electron chi connectivity index (χ0n) is 11.7. The van der Waals surface area contributed by atoms with Crippen LogP contribution < -0.4 is 11.1 Å².